The SMILES string of the molecule is O=C1NCC2c3c(cccc31)CCN2CC(=O)N1CCn2c(nnc2C(F)(F)F)C1. The van der Waals surface area contributed by atoms with Gasteiger partial charge in [-0.1, -0.05) is 12.1 Å². The fourth-order valence-corrected chi connectivity index (χ4v) is 4.58. The van der Waals surface area contributed by atoms with Crippen molar-refractivity contribution in [2.75, 3.05) is 26.2 Å². The lowest BCUT2D eigenvalue weighted by atomic mass is 9.86. The van der Waals surface area contributed by atoms with Gasteiger partial charge in [-0.05, 0) is 23.6 Å². The Morgan fingerprint density at radius 3 is 2.83 bits per heavy atom. The van der Waals surface area contributed by atoms with E-state index in [1.807, 2.05) is 17.0 Å². The third-order valence-corrected chi connectivity index (χ3v) is 6.04. The highest BCUT2D eigenvalue weighted by Crippen LogP contribution is 2.35. The standard InChI is InChI=1S/C19H19F3N6O2/c20-19(21,22)18-25-24-14-9-27(6-7-28(14)18)15(29)10-26-5-4-11-2-1-3-12-16(11)13(26)8-23-17(12)30/h1-3,13H,4-10H2,(H,23,30). The quantitative estimate of drug-likeness (QED) is 0.783. The Labute approximate surface area is 169 Å². The molecule has 1 aromatic heterocycles. The van der Waals surface area contributed by atoms with Crippen molar-refractivity contribution in [2.24, 2.45) is 0 Å². The molecule has 5 rings (SSSR count). The zero-order valence-corrected chi connectivity index (χ0v) is 15.9. The van der Waals surface area contributed by atoms with E-state index in [-0.39, 0.29) is 49.9 Å². The van der Waals surface area contributed by atoms with Crippen molar-refractivity contribution in [3.05, 3.63) is 46.5 Å². The Kier molecular flexibility index (Phi) is 4.31. The molecule has 2 aromatic rings. The van der Waals surface area contributed by atoms with E-state index in [1.54, 1.807) is 6.07 Å². The molecule has 0 radical (unpaired) electrons. The molecule has 0 saturated heterocycles. The Morgan fingerprint density at radius 1 is 1.20 bits per heavy atom. The fourth-order valence-electron chi connectivity index (χ4n) is 4.58. The van der Waals surface area contributed by atoms with Gasteiger partial charge in [0.15, 0.2) is 5.82 Å². The lowest BCUT2D eigenvalue weighted by molar-refractivity contribution is -0.148. The summed E-state index contributed by atoms with van der Waals surface area (Å²) in [6, 6.07) is 5.59. The second-order valence-corrected chi connectivity index (χ2v) is 7.73. The van der Waals surface area contributed by atoms with E-state index >= 15 is 0 Å². The number of nitrogens with zero attached hydrogens (tertiary/aromatic N) is 5. The van der Waals surface area contributed by atoms with Crippen LogP contribution in [0.2, 0.25) is 0 Å². The Bertz CT molecular complexity index is 1030. The Balaban J connectivity index is 1.32. The van der Waals surface area contributed by atoms with Crippen LogP contribution in [0, 0.1) is 0 Å². The van der Waals surface area contributed by atoms with Gasteiger partial charge in [-0.15, -0.1) is 10.2 Å². The second-order valence-electron chi connectivity index (χ2n) is 7.73. The third kappa shape index (κ3) is 3.04. The lowest BCUT2D eigenvalue weighted by Crippen LogP contribution is -2.51. The summed E-state index contributed by atoms with van der Waals surface area (Å²) in [5.41, 5.74) is 2.75. The molecule has 1 aromatic carbocycles. The van der Waals surface area contributed by atoms with Crippen LogP contribution in [0.25, 0.3) is 0 Å². The molecular formula is C19H19F3N6O2. The van der Waals surface area contributed by atoms with Gasteiger partial charge in [0.25, 0.3) is 5.91 Å². The first-order valence-corrected chi connectivity index (χ1v) is 9.74. The zero-order valence-electron chi connectivity index (χ0n) is 15.9. The molecule has 0 saturated carbocycles. The first kappa shape index (κ1) is 19.0. The summed E-state index contributed by atoms with van der Waals surface area (Å²) in [6.45, 7) is 1.41. The van der Waals surface area contributed by atoms with Crippen molar-refractivity contribution in [3.8, 4) is 0 Å². The summed E-state index contributed by atoms with van der Waals surface area (Å²) in [6.07, 6.45) is -3.83. The highest BCUT2D eigenvalue weighted by Gasteiger charge is 2.40. The van der Waals surface area contributed by atoms with Crippen LogP contribution in [-0.2, 0) is 30.5 Å². The average molecular weight is 420 g/mol. The highest BCUT2D eigenvalue weighted by atomic mass is 19.4. The number of hydrogen-bond donors (Lipinski definition) is 1. The van der Waals surface area contributed by atoms with Crippen LogP contribution in [-0.4, -0.2) is 62.6 Å². The minimum Gasteiger partial charge on any atom is -0.350 e. The predicted molar refractivity (Wildman–Crippen MR) is 97.2 cm³/mol. The summed E-state index contributed by atoms with van der Waals surface area (Å²) in [5, 5.41) is 9.76. The van der Waals surface area contributed by atoms with Gasteiger partial charge in [-0.3, -0.25) is 14.5 Å². The van der Waals surface area contributed by atoms with Crippen molar-refractivity contribution in [1.29, 1.82) is 0 Å². The predicted octanol–water partition coefficient (Wildman–Crippen LogP) is 0.982. The number of amides is 2. The molecule has 4 heterocycles. The van der Waals surface area contributed by atoms with Gasteiger partial charge in [0.1, 0.15) is 0 Å². The number of benzene rings is 1. The van der Waals surface area contributed by atoms with E-state index in [1.165, 1.54) is 4.90 Å². The normalized spacial score (nSPS) is 21.1. The molecule has 1 atom stereocenters. The maximum absolute atomic E-state index is 13.0. The number of fused-ring (bicyclic) bond motifs is 1. The monoisotopic (exact) mass is 420 g/mol. The second kappa shape index (κ2) is 6.79. The number of hydrogen-bond acceptors (Lipinski definition) is 5. The summed E-state index contributed by atoms with van der Waals surface area (Å²) < 4.78 is 40.0. The van der Waals surface area contributed by atoms with Gasteiger partial charge in [-0.25, -0.2) is 0 Å². The minimum absolute atomic E-state index is 0.000999. The van der Waals surface area contributed by atoms with Crippen LogP contribution in [0.5, 0.6) is 0 Å². The number of alkyl halides is 3. The number of halogens is 3. The molecule has 0 spiro atoms. The summed E-state index contributed by atoms with van der Waals surface area (Å²) in [4.78, 5) is 28.7. The van der Waals surface area contributed by atoms with E-state index < -0.39 is 12.0 Å². The molecule has 158 valence electrons. The molecule has 0 bridgehead atoms. The van der Waals surface area contributed by atoms with E-state index in [0.717, 1.165) is 22.1 Å². The van der Waals surface area contributed by atoms with Crippen LogP contribution >= 0.6 is 0 Å². The number of carbonyl (C=O) groups excluding carboxylic acids is 2. The van der Waals surface area contributed by atoms with Crippen LogP contribution in [0.4, 0.5) is 13.2 Å². The maximum Gasteiger partial charge on any atom is 0.451 e. The summed E-state index contributed by atoms with van der Waals surface area (Å²) >= 11 is 0. The number of aromatic nitrogens is 3. The van der Waals surface area contributed by atoms with Gasteiger partial charge in [-0.2, -0.15) is 13.2 Å². The van der Waals surface area contributed by atoms with Crippen LogP contribution in [0.3, 0.4) is 0 Å². The van der Waals surface area contributed by atoms with Crippen molar-refractivity contribution in [1.82, 2.24) is 29.9 Å². The average Bonchev–Trinajstić information content (AvgIpc) is 3.15. The Hall–Kier alpha value is -2.95. The first-order valence-electron chi connectivity index (χ1n) is 9.74. The van der Waals surface area contributed by atoms with Gasteiger partial charge >= 0.3 is 6.18 Å². The Morgan fingerprint density at radius 2 is 2.03 bits per heavy atom. The molecule has 3 aliphatic rings. The van der Waals surface area contributed by atoms with Crippen molar-refractivity contribution >= 4 is 11.8 Å². The van der Waals surface area contributed by atoms with E-state index in [2.05, 4.69) is 15.5 Å². The zero-order chi connectivity index (χ0) is 21.0. The number of nitrogens with one attached hydrogen (secondary N) is 1. The van der Waals surface area contributed by atoms with Gasteiger partial charge in [0.2, 0.25) is 11.7 Å². The van der Waals surface area contributed by atoms with Crippen molar-refractivity contribution < 1.29 is 22.8 Å². The molecule has 0 fully saturated rings. The van der Waals surface area contributed by atoms with Crippen LogP contribution in [0.1, 0.15) is 39.2 Å². The summed E-state index contributed by atoms with van der Waals surface area (Å²) in [7, 11) is 0. The van der Waals surface area contributed by atoms with Gasteiger partial charge < -0.3 is 14.8 Å². The summed E-state index contributed by atoms with van der Waals surface area (Å²) in [5.74, 6) is -1.16. The molecule has 1 unspecified atom stereocenters. The van der Waals surface area contributed by atoms with Gasteiger partial charge in [0, 0.05) is 31.7 Å². The molecule has 2 amide bonds. The van der Waals surface area contributed by atoms with E-state index in [9.17, 15) is 22.8 Å². The van der Waals surface area contributed by atoms with Crippen molar-refractivity contribution in [2.45, 2.75) is 31.7 Å². The van der Waals surface area contributed by atoms with Gasteiger partial charge in [0.05, 0.1) is 19.1 Å². The maximum atomic E-state index is 13.0. The molecule has 30 heavy (non-hydrogen) atoms. The number of rotatable bonds is 2. The fraction of sp³-hybridized carbons (Fsp3) is 0.474. The molecular weight excluding hydrogens is 401 g/mol. The largest absolute Gasteiger partial charge is 0.451 e. The van der Waals surface area contributed by atoms with Crippen LogP contribution < -0.4 is 5.32 Å². The smallest absolute Gasteiger partial charge is 0.350 e. The van der Waals surface area contributed by atoms with Crippen molar-refractivity contribution in [3.63, 3.8) is 0 Å². The number of carbonyl (C=O) groups is 2. The molecule has 3 aliphatic heterocycles. The molecule has 1 N–H and O–H groups in total. The topological polar surface area (TPSA) is 83.4 Å². The van der Waals surface area contributed by atoms with E-state index in [4.69, 9.17) is 0 Å². The van der Waals surface area contributed by atoms with E-state index in [0.29, 0.717) is 18.7 Å². The molecule has 11 heteroatoms. The third-order valence-electron chi connectivity index (χ3n) is 6.04. The van der Waals surface area contributed by atoms with Crippen LogP contribution in [0.15, 0.2) is 18.2 Å². The molecule has 8 nitrogen and oxygen atoms in total. The molecule has 0 aliphatic carbocycles. The first-order chi connectivity index (χ1) is 14.3. The lowest BCUT2D eigenvalue weighted by Gasteiger charge is -2.41. The minimum atomic E-state index is -4.57. The highest BCUT2D eigenvalue weighted by molar-refractivity contribution is 5.97.